The van der Waals surface area contributed by atoms with Crippen molar-refractivity contribution in [3.8, 4) is 0 Å². The Morgan fingerprint density at radius 3 is 2.64 bits per heavy atom. The standard InChI is InChI=1S/C8H8BrNO/c9-7-4-2-1-3-6(7)8(11)5-10/h1-4H,5,10H2. The van der Waals surface area contributed by atoms with E-state index in [-0.39, 0.29) is 12.3 Å². The van der Waals surface area contributed by atoms with Crippen molar-refractivity contribution < 1.29 is 4.79 Å². The summed E-state index contributed by atoms with van der Waals surface area (Å²) >= 11 is 3.26. The zero-order valence-corrected chi connectivity index (χ0v) is 7.47. The van der Waals surface area contributed by atoms with Crippen molar-refractivity contribution >= 4 is 21.7 Å². The molecule has 1 aromatic rings. The lowest BCUT2D eigenvalue weighted by atomic mass is 10.1. The number of carbonyl (C=O) groups is 1. The third kappa shape index (κ3) is 1.88. The zero-order valence-electron chi connectivity index (χ0n) is 5.88. The molecule has 0 atom stereocenters. The Kier molecular flexibility index (Phi) is 2.79. The molecule has 0 aliphatic rings. The molecule has 1 aromatic carbocycles. The lowest BCUT2D eigenvalue weighted by Crippen LogP contribution is -2.13. The average Bonchev–Trinajstić information content (AvgIpc) is 2.04. The normalized spacial score (nSPS) is 9.64. The summed E-state index contributed by atoms with van der Waals surface area (Å²) in [4.78, 5) is 11.1. The molecule has 0 unspecified atom stereocenters. The van der Waals surface area contributed by atoms with Gasteiger partial charge in [0.2, 0.25) is 0 Å². The molecule has 0 heterocycles. The molecule has 3 heteroatoms. The van der Waals surface area contributed by atoms with Gasteiger partial charge in [-0.1, -0.05) is 34.1 Å². The van der Waals surface area contributed by atoms with Crippen LogP contribution in [0, 0.1) is 0 Å². The minimum atomic E-state index is -0.0440. The highest BCUT2D eigenvalue weighted by Gasteiger charge is 2.05. The van der Waals surface area contributed by atoms with Crippen molar-refractivity contribution in [1.29, 1.82) is 0 Å². The van der Waals surface area contributed by atoms with Gasteiger partial charge in [0, 0.05) is 10.0 Å². The second-order valence-electron chi connectivity index (χ2n) is 2.11. The highest BCUT2D eigenvalue weighted by molar-refractivity contribution is 9.10. The minimum Gasteiger partial charge on any atom is -0.324 e. The van der Waals surface area contributed by atoms with Crippen molar-refractivity contribution in [2.45, 2.75) is 0 Å². The van der Waals surface area contributed by atoms with Crippen LogP contribution in [0.25, 0.3) is 0 Å². The van der Waals surface area contributed by atoms with Crippen LogP contribution in [0.5, 0.6) is 0 Å². The summed E-state index contributed by atoms with van der Waals surface area (Å²) in [6.07, 6.45) is 0. The third-order valence-corrected chi connectivity index (χ3v) is 2.05. The summed E-state index contributed by atoms with van der Waals surface area (Å²) in [6, 6.07) is 7.24. The number of nitrogens with two attached hydrogens (primary N) is 1. The minimum absolute atomic E-state index is 0.0440. The molecule has 0 bridgehead atoms. The molecule has 0 fully saturated rings. The monoisotopic (exact) mass is 213 g/mol. The van der Waals surface area contributed by atoms with Crippen molar-refractivity contribution in [1.82, 2.24) is 0 Å². The van der Waals surface area contributed by atoms with Gasteiger partial charge in [-0.2, -0.15) is 0 Å². The molecule has 0 spiro atoms. The molecule has 0 aliphatic carbocycles. The van der Waals surface area contributed by atoms with Gasteiger partial charge in [-0.05, 0) is 6.07 Å². The first-order valence-electron chi connectivity index (χ1n) is 3.23. The molecule has 1 rings (SSSR count). The van der Waals surface area contributed by atoms with Gasteiger partial charge in [-0.3, -0.25) is 4.79 Å². The predicted octanol–water partition coefficient (Wildman–Crippen LogP) is 1.59. The Hall–Kier alpha value is -0.670. The Labute approximate surface area is 73.5 Å². The molecule has 11 heavy (non-hydrogen) atoms. The maximum absolute atomic E-state index is 11.1. The van der Waals surface area contributed by atoms with Crippen LogP contribution in [0.1, 0.15) is 10.4 Å². The summed E-state index contributed by atoms with van der Waals surface area (Å²) in [5, 5.41) is 0. The summed E-state index contributed by atoms with van der Waals surface area (Å²) < 4.78 is 0.801. The fourth-order valence-corrected chi connectivity index (χ4v) is 1.30. The van der Waals surface area contributed by atoms with Gasteiger partial charge in [0.25, 0.3) is 0 Å². The van der Waals surface area contributed by atoms with E-state index in [2.05, 4.69) is 15.9 Å². The van der Waals surface area contributed by atoms with Crippen molar-refractivity contribution in [2.24, 2.45) is 5.73 Å². The fourth-order valence-electron chi connectivity index (χ4n) is 0.797. The summed E-state index contributed by atoms with van der Waals surface area (Å²) in [5.41, 5.74) is 5.85. The van der Waals surface area contributed by atoms with E-state index < -0.39 is 0 Å². The number of benzene rings is 1. The maximum Gasteiger partial charge on any atom is 0.177 e. The molecule has 0 saturated carbocycles. The Balaban J connectivity index is 3.03. The highest BCUT2D eigenvalue weighted by atomic mass is 79.9. The van der Waals surface area contributed by atoms with E-state index in [1.165, 1.54) is 0 Å². The van der Waals surface area contributed by atoms with E-state index in [0.717, 1.165) is 4.47 Å². The molecule has 0 saturated heterocycles. The third-order valence-electron chi connectivity index (χ3n) is 1.36. The topological polar surface area (TPSA) is 43.1 Å². The smallest absolute Gasteiger partial charge is 0.177 e. The van der Waals surface area contributed by atoms with E-state index in [1.807, 2.05) is 18.2 Å². The lowest BCUT2D eigenvalue weighted by Gasteiger charge is -1.98. The Bertz CT molecular complexity index is 273. The van der Waals surface area contributed by atoms with E-state index in [4.69, 9.17) is 5.73 Å². The number of ketones is 1. The van der Waals surface area contributed by atoms with Gasteiger partial charge in [0.15, 0.2) is 5.78 Å². The van der Waals surface area contributed by atoms with Crippen LogP contribution in [-0.4, -0.2) is 12.3 Å². The van der Waals surface area contributed by atoms with Gasteiger partial charge in [0.05, 0.1) is 6.54 Å². The molecule has 0 aliphatic heterocycles. The molecule has 58 valence electrons. The van der Waals surface area contributed by atoms with Gasteiger partial charge in [0.1, 0.15) is 0 Å². The SMILES string of the molecule is NCC(=O)c1ccccc1Br. The predicted molar refractivity (Wildman–Crippen MR) is 47.5 cm³/mol. The largest absolute Gasteiger partial charge is 0.324 e. The van der Waals surface area contributed by atoms with Crippen LogP contribution in [0.4, 0.5) is 0 Å². The summed E-state index contributed by atoms with van der Waals surface area (Å²) in [5.74, 6) is -0.0440. The van der Waals surface area contributed by atoms with Crippen molar-refractivity contribution in [3.05, 3.63) is 34.3 Å². The highest BCUT2D eigenvalue weighted by Crippen LogP contribution is 2.15. The second-order valence-corrected chi connectivity index (χ2v) is 2.96. The first-order valence-corrected chi connectivity index (χ1v) is 4.03. The summed E-state index contributed by atoms with van der Waals surface area (Å²) in [6.45, 7) is 0.0581. The van der Waals surface area contributed by atoms with Gasteiger partial charge in [-0.25, -0.2) is 0 Å². The number of carbonyl (C=O) groups excluding carboxylic acids is 1. The zero-order chi connectivity index (χ0) is 8.27. The number of halogens is 1. The molecule has 0 amide bonds. The average molecular weight is 214 g/mol. The molecule has 0 aromatic heterocycles. The lowest BCUT2D eigenvalue weighted by molar-refractivity contribution is 0.100. The second kappa shape index (κ2) is 3.64. The molecule has 2 nitrogen and oxygen atoms in total. The van der Waals surface area contributed by atoms with E-state index >= 15 is 0 Å². The van der Waals surface area contributed by atoms with Gasteiger partial charge in [-0.15, -0.1) is 0 Å². The molecular weight excluding hydrogens is 206 g/mol. The Morgan fingerprint density at radius 2 is 2.09 bits per heavy atom. The number of hydrogen-bond donors (Lipinski definition) is 1. The maximum atomic E-state index is 11.1. The van der Waals surface area contributed by atoms with Crippen molar-refractivity contribution in [3.63, 3.8) is 0 Å². The van der Waals surface area contributed by atoms with Crippen LogP contribution in [0.2, 0.25) is 0 Å². The van der Waals surface area contributed by atoms with Crippen LogP contribution < -0.4 is 5.73 Å². The van der Waals surface area contributed by atoms with Crippen LogP contribution in [0.15, 0.2) is 28.7 Å². The van der Waals surface area contributed by atoms with Crippen LogP contribution in [-0.2, 0) is 0 Å². The van der Waals surface area contributed by atoms with E-state index in [1.54, 1.807) is 6.07 Å². The van der Waals surface area contributed by atoms with Gasteiger partial charge >= 0.3 is 0 Å². The van der Waals surface area contributed by atoms with Crippen LogP contribution in [0.3, 0.4) is 0 Å². The van der Waals surface area contributed by atoms with Gasteiger partial charge < -0.3 is 5.73 Å². The van der Waals surface area contributed by atoms with Crippen LogP contribution >= 0.6 is 15.9 Å². The molecular formula is C8H8BrNO. The van der Waals surface area contributed by atoms with E-state index in [0.29, 0.717) is 5.56 Å². The first-order chi connectivity index (χ1) is 5.25. The number of hydrogen-bond acceptors (Lipinski definition) is 2. The quantitative estimate of drug-likeness (QED) is 0.759. The van der Waals surface area contributed by atoms with E-state index in [9.17, 15) is 4.79 Å². The molecule has 0 radical (unpaired) electrons. The Morgan fingerprint density at radius 1 is 1.45 bits per heavy atom. The number of Topliss-reactive ketones (excluding diaryl/α,β-unsaturated/α-hetero) is 1. The first kappa shape index (κ1) is 8.43. The fraction of sp³-hybridized carbons (Fsp3) is 0.125. The summed E-state index contributed by atoms with van der Waals surface area (Å²) in [7, 11) is 0. The van der Waals surface area contributed by atoms with Crippen molar-refractivity contribution in [2.75, 3.05) is 6.54 Å². The molecule has 2 N–H and O–H groups in total. The number of rotatable bonds is 2.